The molecule has 6 fully saturated rings. The number of ketones is 1. The molecule has 0 amide bonds. The van der Waals surface area contributed by atoms with Gasteiger partial charge >= 0.3 is 5.97 Å². The molecule has 6 heteroatoms. The zero-order valence-corrected chi connectivity index (χ0v) is 19.3. The summed E-state index contributed by atoms with van der Waals surface area (Å²) in [5.74, 6) is -1.92. The lowest BCUT2D eigenvalue weighted by Gasteiger charge is -2.72. The topological polar surface area (TPSA) is 86.0 Å². The van der Waals surface area contributed by atoms with Gasteiger partial charge in [-0.25, -0.2) is 4.79 Å². The monoisotopic (exact) mass is 452 g/mol. The van der Waals surface area contributed by atoms with E-state index in [1.165, 1.54) is 12.3 Å². The van der Waals surface area contributed by atoms with E-state index in [4.69, 9.17) is 13.9 Å². The van der Waals surface area contributed by atoms with Crippen molar-refractivity contribution in [3.63, 3.8) is 0 Å². The number of ether oxygens (including phenoxy) is 2. The van der Waals surface area contributed by atoms with Crippen LogP contribution in [0.5, 0.6) is 0 Å². The Morgan fingerprint density at radius 3 is 2.85 bits per heavy atom. The van der Waals surface area contributed by atoms with Crippen LogP contribution in [0, 0.1) is 34.0 Å². The largest absolute Gasteiger partial charge is 0.465 e. The molecule has 1 aromatic heterocycles. The smallest absolute Gasteiger partial charge is 0.331 e. The third kappa shape index (κ3) is 2.51. The van der Waals surface area contributed by atoms with Gasteiger partial charge in [0.05, 0.1) is 12.9 Å². The number of aliphatic hydroxyl groups is 1. The molecule has 2 spiro atoms. The number of hydrogen-bond acceptors (Lipinski definition) is 6. The lowest BCUT2D eigenvalue weighted by molar-refractivity contribution is -0.414. The molecule has 1 aromatic rings. The lowest BCUT2D eigenvalue weighted by Crippen LogP contribution is -2.78. The Morgan fingerprint density at radius 1 is 1.27 bits per heavy atom. The molecule has 1 N–H and O–H groups in total. The van der Waals surface area contributed by atoms with Gasteiger partial charge in [0.15, 0.2) is 11.6 Å². The first-order valence-electron chi connectivity index (χ1n) is 12.2. The maximum absolute atomic E-state index is 13.9. The van der Waals surface area contributed by atoms with Crippen LogP contribution >= 0.6 is 0 Å². The van der Waals surface area contributed by atoms with E-state index in [1.54, 1.807) is 18.2 Å². The molecule has 4 bridgehead atoms. The molecule has 2 saturated heterocycles. The Balaban J connectivity index is 1.43. The summed E-state index contributed by atoms with van der Waals surface area (Å²) in [6.45, 7) is 9.15. The number of fused-ring (bicyclic) bond motifs is 2. The molecular formula is C27H32O6. The van der Waals surface area contributed by atoms with Gasteiger partial charge in [0.25, 0.3) is 0 Å². The van der Waals surface area contributed by atoms with Crippen molar-refractivity contribution in [2.24, 2.45) is 34.0 Å². The van der Waals surface area contributed by atoms with E-state index < -0.39 is 23.3 Å². The first kappa shape index (κ1) is 21.4. The molecular weight excluding hydrogens is 420 g/mol. The molecule has 0 unspecified atom stereocenters. The fourth-order valence-corrected chi connectivity index (χ4v) is 8.66. The standard InChI is InChI=1S/C27H32O6/c1-16-18-8-9-19-25-12-5-11-24(2,3)20(25)14-26(30,32-15-25)27(19,22(16)29)23(18)33-21(28)10-7-17-6-4-13-31-17/h4,6-7,10,13,18-20,23,30H,1,5,8-9,11-12,14-15H2,2-3H3/b10-7+/t18-,19-,20+,23+,25+,26+,27-/m0/s1. The second kappa shape index (κ2) is 6.70. The fourth-order valence-electron chi connectivity index (χ4n) is 8.66. The van der Waals surface area contributed by atoms with Crippen LogP contribution in [0.15, 0.2) is 41.0 Å². The summed E-state index contributed by atoms with van der Waals surface area (Å²) in [6.07, 6.45) is 8.76. The zero-order chi connectivity index (χ0) is 23.2. The molecule has 2 aliphatic heterocycles. The minimum Gasteiger partial charge on any atom is -0.465 e. The van der Waals surface area contributed by atoms with Gasteiger partial charge in [-0.3, -0.25) is 4.79 Å². The molecule has 176 valence electrons. The second-order valence-electron chi connectivity index (χ2n) is 11.6. The van der Waals surface area contributed by atoms with Crippen molar-refractivity contribution in [2.45, 2.75) is 64.3 Å². The van der Waals surface area contributed by atoms with E-state index >= 15 is 0 Å². The summed E-state index contributed by atoms with van der Waals surface area (Å²) < 4.78 is 17.5. The number of furan rings is 1. The summed E-state index contributed by atoms with van der Waals surface area (Å²) in [7, 11) is 0. The van der Waals surface area contributed by atoms with E-state index in [2.05, 4.69) is 20.4 Å². The Labute approximate surface area is 194 Å². The minimum absolute atomic E-state index is 0.0606. The van der Waals surface area contributed by atoms with Crippen LogP contribution in [-0.4, -0.2) is 35.4 Å². The highest BCUT2D eigenvalue weighted by molar-refractivity contribution is 6.05. The molecule has 4 aliphatic carbocycles. The second-order valence-corrected chi connectivity index (χ2v) is 11.6. The van der Waals surface area contributed by atoms with Gasteiger partial charge in [0, 0.05) is 23.8 Å². The minimum atomic E-state index is -1.65. The van der Waals surface area contributed by atoms with E-state index in [0.29, 0.717) is 24.4 Å². The third-order valence-corrected chi connectivity index (χ3v) is 9.92. The van der Waals surface area contributed by atoms with Crippen LogP contribution in [0.2, 0.25) is 0 Å². The van der Waals surface area contributed by atoms with Crippen LogP contribution in [0.4, 0.5) is 0 Å². The molecule has 4 saturated carbocycles. The Bertz CT molecular complexity index is 1050. The number of esters is 1. The summed E-state index contributed by atoms with van der Waals surface area (Å²) in [4.78, 5) is 26.8. The van der Waals surface area contributed by atoms with Crippen LogP contribution in [0.25, 0.3) is 6.08 Å². The zero-order valence-electron chi connectivity index (χ0n) is 19.3. The molecule has 7 atom stereocenters. The van der Waals surface area contributed by atoms with E-state index in [-0.39, 0.29) is 34.4 Å². The van der Waals surface area contributed by atoms with Crippen molar-refractivity contribution in [3.05, 3.63) is 42.4 Å². The molecule has 3 heterocycles. The molecule has 6 nitrogen and oxygen atoms in total. The van der Waals surface area contributed by atoms with Crippen LogP contribution in [0.1, 0.15) is 58.1 Å². The summed E-state index contributed by atoms with van der Waals surface area (Å²) in [5, 5.41) is 12.1. The highest BCUT2D eigenvalue weighted by atomic mass is 16.6. The summed E-state index contributed by atoms with van der Waals surface area (Å²) in [5.41, 5.74) is -0.932. The van der Waals surface area contributed by atoms with Crippen LogP contribution < -0.4 is 0 Å². The fraction of sp³-hybridized carbons (Fsp3) is 0.630. The third-order valence-electron chi connectivity index (χ3n) is 9.92. The van der Waals surface area contributed by atoms with Gasteiger partial charge in [-0.1, -0.05) is 26.8 Å². The van der Waals surface area contributed by atoms with Crippen molar-refractivity contribution in [2.75, 3.05) is 6.61 Å². The van der Waals surface area contributed by atoms with Gasteiger partial charge in [-0.2, -0.15) is 0 Å². The number of hydrogen-bond donors (Lipinski definition) is 1. The summed E-state index contributed by atoms with van der Waals surface area (Å²) >= 11 is 0. The number of carbonyl (C=O) groups is 2. The Hall–Kier alpha value is -2.18. The van der Waals surface area contributed by atoms with Crippen molar-refractivity contribution in [1.29, 1.82) is 0 Å². The van der Waals surface area contributed by atoms with Crippen LogP contribution in [-0.2, 0) is 19.1 Å². The SMILES string of the molecule is C=C1C(=O)[C@]23[C@H](OC(=O)/C=C/c4ccco4)[C@H]1CC[C@H]2[C@]12CCCC(C)(C)[C@H]1C[C@@]3(O)OC2. The normalized spacial score (nSPS) is 45.2. The van der Waals surface area contributed by atoms with Crippen LogP contribution in [0.3, 0.4) is 0 Å². The Kier molecular flexibility index (Phi) is 4.33. The number of carbonyl (C=O) groups excluding carboxylic acids is 2. The van der Waals surface area contributed by atoms with Gasteiger partial charge in [-0.05, 0) is 66.7 Å². The van der Waals surface area contributed by atoms with E-state index in [1.807, 2.05) is 0 Å². The van der Waals surface area contributed by atoms with Crippen molar-refractivity contribution in [1.82, 2.24) is 0 Å². The first-order valence-corrected chi connectivity index (χ1v) is 12.2. The average Bonchev–Trinajstić information content (AvgIpc) is 3.33. The summed E-state index contributed by atoms with van der Waals surface area (Å²) in [6, 6.07) is 3.49. The highest BCUT2D eigenvalue weighted by Crippen LogP contribution is 2.76. The van der Waals surface area contributed by atoms with Gasteiger partial charge in [0.2, 0.25) is 0 Å². The van der Waals surface area contributed by atoms with Crippen molar-refractivity contribution in [3.8, 4) is 0 Å². The maximum Gasteiger partial charge on any atom is 0.331 e. The van der Waals surface area contributed by atoms with Gasteiger partial charge in [0.1, 0.15) is 17.3 Å². The Morgan fingerprint density at radius 2 is 2.09 bits per heavy atom. The van der Waals surface area contributed by atoms with Gasteiger partial charge in [-0.15, -0.1) is 0 Å². The molecule has 0 radical (unpaired) electrons. The lowest BCUT2D eigenvalue weighted by atomic mass is 9.37. The number of rotatable bonds is 3. The molecule has 7 rings (SSSR count). The molecule has 0 aromatic carbocycles. The average molecular weight is 453 g/mol. The van der Waals surface area contributed by atoms with E-state index in [9.17, 15) is 14.7 Å². The molecule has 33 heavy (non-hydrogen) atoms. The van der Waals surface area contributed by atoms with Crippen molar-refractivity contribution < 1.29 is 28.6 Å². The predicted molar refractivity (Wildman–Crippen MR) is 119 cm³/mol. The van der Waals surface area contributed by atoms with Gasteiger partial charge < -0.3 is 19.0 Å². The molecule has 6 aliphatic rings. The quantitative estimate of drug-likeness (QED) is 0.544. The first-order chi connectivity index (χ1) is 15.7. The van der Waals surface area contributed by atoms with Crippen molar-refractivity contribution >= 4 is 17.8 Å². The van der Waals surface area contributed by atoms with E-state index in [0.717, 1.165) is 32.1 Å². The highest BCUT2D eigenvalue weighted by Gasteiger charge is 2.83. The number of Topliss-reactive ketones (excluding diaryl/α,β-unsaturated/α-hetero) is 1. The predicted octanol–water partition coefficient (Wildman–Crippen LogP) is 4.29. The maximum atomic E-state index is 13.9.